The van der Waals surface area contributed by atoms with E-state index in [2.05, 4.69) is 20.9 Å². The zero-order chi connectivity index (χ0) is 18.8. The van der Waals surface area contributed by atoms with E-state index in [0.717, 1.165) is 24.5 Å². The first kappa shape index (κ1) is 18.8. The van der Waals surface area contributed by atoms with Gasteiger partial charge in [0.2, 0.25) is 0 Å². The minimum Gasteiger partial charge on any atom is -0.339 e. The fourth-order valence-electron chi connectivity index (χ4n) is 3.33. The lowest BCUT2D eigenvalue weighted by atomic mass is 9.90. The standard InChI is InChI=1S/C19H19BrF2N2O2/c1-11-14(10-15(20)18(25)23-11)19(26)24-6-4-12(5-7-24)8-13-2-3-16(21)17(22)9-13/h2-3,9-10,12H,4-8H2,1H3,(H,23,25). The molecule has 2 aromatic rings. The van der Waals surface area contributed by atoms with Gasteiger partial charge in [-0.3, -0.25) is 9.59 Å². The summed E-state index contributed by atoms with van der Waals surface area (Å²) in [6, 6.07) is 5.56. The normalized spacial score (nSPS) is 15.3. The molecule has 0 unspecified atom stereocenters. The summed E-state index contributed by atoms with van der Waals surface area (Å²) in [7, 11) is 0. The minimum absolute atomic E-state index is 0.106. The van der Waals surface area contributed by atoms with Gasteiger partial charge in [-0.2, -0.15) is 0 Å². The number of aromatic amines is 1. The van der Waals surface area contributed by atoms with Crippen LogP contribution < -0.4 is 5.56 Å². The summed E-state index contributed by atoms with van der Waals surface area (Å²) in [4.78, 5) is 28.7. The first-order valence-electron chi connectivity index (χ1n) is 8.47. The summed E-state index contributed by atoms with van der Waals surface area (Å²) in [6.45, 7) is 2.91. The molecule has 0 radical (unpaired) electrons. The van der Waals surface area contributed by atoms with Crippen LogP contribution in [0.5, 0.6) is 0 Å². The smallest absolute Gasteiger partial charge is 0.262 e. The molecule has 7 heteroatoms. The van der Waals surface area contributed by atoms with Crippen molar-refractivity contribution in [2.45, 2.75) is 26.2 Å². The molecule has 0 spiro atoms. The predicted molar refractivity (Wildman–Crippen MR) is 98.2 cm³/mol. The number of nitrogens with zero attached hydrogens (tertiary/aromatic N) is 1. The number of nitrogens with one attached hydrogen (secondary N) is 1. The third-order valence-electron chi connectivity index (χ3n) is 4.83. The third-order valence-corrected chi connectivity index (χ3v) is 5.42. The molecule has 0 bridgehead atoms. The molecule has 1 fully saturated rings. The van der Waals surface area contributed by atoms with Crippen LogP contribution in [0.15, 0.2) is 33.5 Å². The Morgan fingerprint density at radius 3 is 2.58 bits per heavy atom. The number of benzene rings is 1. The van der Waals surface area contributed by atoms with E-state index in [9.17, 15) is 18.4 Å². The van der Waals surface area contributed by atoms with Crippen LogP contribution in [0.4, 0.5) is 8.78 Å². The van der Waals surface area contributed by atoms with Gasteiger partial charge in [-0.25, -0.2) is 8.78 Å². The highest BCUT2D eigenvalue weighted by Gasteiger charge is 2.25. The maximum absolute atomic E-state index is 13.3. The Kier molecular flexibility index (Phi) is 5.55. The Labute approximate surface area is 158 Å². The molecule has 1 amide bonds. The summed E-state index contributed by atoms with van der Waals surface area (Å²) < 4.78 is 26.7. The number of amides is 1. The maximum Gasteiger partial charge on any atom is 0.262 e. The van der Waals surface area contributed by atoms with E-state index in [-0.39, 0.29) is 11.5 Å². The van der Waals surface area contributed by atoms with E-state index in [0.29, 0.717) is 41.2 Å². The van der Waals surface area contributed by atoms with Crippen molar-refractivity contribution in [3.05, 3.63) is 67.5 Å². The molecule has 1 aromatic carbocycles. The molecule has 4 nitrogen and oxygen atoms in total. The Morgan fingerprint density at radius 1 is 1.23 bits per heavy atom. The molecule has 26 heavy (non-hydrogen) atoms. The van der Waals surface area contributed by atoms with Gasteiger partial charge in [0.05, 0.1) is 10.0 Å². The van der Waals surface area contributed by atoms with Gasteiger partial charge in [0, 0.05) is 18.8 Å². The van der Waals surface area contributed by atoms with E-state index in [1.54, 1.807) is 24.0 Å². The van der Waals surface area contributed by atoms with Crippen molar-refractivity contribution in [3.8, 4) is 0 Å². The highest BCUT2D eigenvalue weighted by molar-refractivity contribution is 9.10. The van der Waals surface area contributed by atoms with Crippen molar-refractivity contribution in [2.75, 3.05) is 13.1 Å². The molecule has 1 saturated heterocycles. The highest BCUT2D eigenvalue weighted by atomic mass is 79.9. The number of aryl methyl sites for hydroxylation is 1. The van der Waals surface area contributed by atoms with Crippen molar-refractivity contribution < 1.29 is 13.6 Å². The molecule has 0 aliphatic carbocycles. The number of likely N-dealkylation sites (tertiary alicyclic amines) is 1. The van der Waals surface area contributed by atoms with E-state index in [1.165, 1.54) is 6.07 Å². The van der Waals surface area contributed by atoms with Crippen LogP contribution in [-0.2, 0) is 6.42 Å². The molecule has 2 heterocycles. The molecule has 1 aromatic heterocycles. The van der Waals surface area contributed by atoms with Crippen LogP contribution in [-0.4, -0.2) is 28.9 Å². The second kappa shape index (κ2) is 7.70. The molecule has 1 N–H and O–H groups in total. The minimum atomic E-state index is -0.836. The predicted octanol–water partition coefficient (Wildman–Crippen LogP) is 3.82. The van der Waals surface area contributed by atoms with Gasteiger partial charge in [-0.1, -0.05) is 6.07 Å². The van der Waals surface area contributed by atoms with Crippen LogP contribution in [0.25, 0.3) is 0 Å². The fraction of sp³-hybridized carbons (Fsp3) is 0.368. The Bertz CT molecular complexity index is 890. The second-order valence-electron chi connectivity index (χ2n) is 6.67. The van der Waals surface area contributed by atoms with Crippen LogP contribution >= 0.6 is 15.9 Å². The van der Waals surface area contributed by atoms with Gasteiger partial charge in [-0.15, -0.1) is 0 Å². The molecule has 3 rings (SSSR count). The van der Waals surface area contributed by atoms with Gasteiger partial charge in [0.15, 0.2) is 11.6 Å². The van der Waals surface area contributed by atoms with Gasteiger partial charge in [0.25, 0.3) is 11.5 Å². The summed E-state index contributed by atoms with van der Waals surface area (Å²) in [6.07, 6.45) is 2.27. The summed E-state index contributed by atoms with van der Waals surface area (Å²) >= 11 is 3.16. The maximum atomic E-state index is 13.3. The Morgan fingerprint density at radius 2 is 1.92 bits per heavy atom. The zero-order valence-corrected chi connectivity index (χ0v) is 15.9. The first-order valence-corrected chi connectivity index (χ1v) is 9.27. The SMILES string of the molecule is Cc1[nH]c(=O)c(Br)cc1C(=O)N1CCC(Cc2ccc(F)c(F)c2)CC1. The average Bonchev–Trinajstić information content (AvgIpc) is 2.61. The average molecular weight is 425 g/mol. The quantitative estimate of drug-likeness (QED) is 0.813. The summed E-state index contributed by atoms with van der Waals surface area (Å²) in [5.74, 6) is -1.44. The molecule has 1 aliphatic rings. The van der Waals surface area contributed by atoms with Crippen molar-refractivity contribution in [1.29, 1.82) is 0 Å². The number of piperidine rings is 1. The highest BCUT2D eigenvalue weighted by Crippen LogP contribution is 2.24. The number of pyridine rings is 1. The first-order chi connectivity index (χ1) is 12.3. The number of aromatic nitrogens is 1. The van der Waals surface area contributed by atoms with Gasteiger partial charge in [0.1, 0.15) is 0 Å². The van der Waals surface area contributed by atoms with E-state index in [1.807, 2.05) is 0 Å². The van der Waals surface area contributed by atoms with Crippen LogP contribution in [0.2, 0.25) is 0 Å². The van der Waals surface area contributed by atoms with Crippen molar-refractivity contribution in [2.24, 2.45) is 5.92 Å². The number of H-pyrrole nitrogens is 1. The number of halogens is 3. The fourth-order valence-corrected chi connectivity index (χ4v) is 3.66. The zero-order valence-electron chi connectivity index (χ0n) is 14.3. The van der Waals surface area contributed by atoms with Crippen molar-refractivity contribution in [1.82, 2.24) is 9.88 Å². The van der Waals surface area contributed by atoms with Crippen molar-refractivity contribution >= 4 is 21.8 Å². The molecular formula is C19H19BrF2N2O2. The van der Waals surface area contributed by atoms with E-state index in [4.69, 9.17) is 0 Å². The largest absolute Gasteiger partial charge is 0.339 e. The van der Waals surface area contributed by atoms with Gasteiger partial charge >= 0.3 is 0 Å². The lowest BCUT2D eigenvalue weighted by molar-refractivity contribution is 0.0689. The third kappa shape index (κ3) is 4.03. The topological polar surface area (TPSA) is 53.2 Å². The van der Waals surface area contributed by atoms with Gasteiger partial charge in [-0.05, 0) is 71.8 Å². The van der Waals surface area contributed by atoms with E-state index < -0.39 is 11.6 Å². The Balaban J connectivity index is 1.63. The summed E-state index contributed by atoms with van der Waals surface area (Å²) in [5, 5.41) is 0. The number of carbonyl (C=O) groups excluding carboxylic acids is 1. The molecule has 0 atom stereocenters. The Hall–Kier alpha value is -2.02. The molecule has 0 saturated carbocycles. The van der Waals surface area contributed by atoms with Crippen LogP contribution in [0.3, 0.4) is 0 Å². The molecule has 1 aliphatic heterocycles. The number of hydrogen-bond acceptors (Lipinski definition) is 2. The van der Waals surface area contributed by atoms with Gasteiger partial charge < -0.3 is 9.88 Å². The van der Waals surface area contributed by atoms with E-state index >= 15 is 0 Å². The number of hydrogen-bond donors (Lipinski definition) is 1. The molecular weight excluding hydrogens is 406 g/mol. The van der Waals surface area contributed by atoms with Crippen molar-refractivity contribution in [3.63, 3.8) is 0 Å². The lowest BCUT2D eigenvalue weighted by Gasteiger charge is -2.32. The van der Waals surface area contributed by atoms with Crippen LogP contribution in [0.1, 0.15) is 34.5 Å². The second-order valence-corrected chi connectivity index (χ2v) is 7.53. The van der Waals surface area contributed by atoms with Crippen LogP contribution in [0, 0.1) is 24.5 Å². The monoisotopic (exact) mass is 424 g/mol. The number of rotatable bonds is 3. The number of carbonyl (C=O) groups is 1. The lowest BCUT2D eigenvalue weighted by Crippen LogP contribution is -2.39. The summed E-state index contributed by atoms with van der Waals surface area (Å²) in [5.41, 5.74) is 1.54. The molecule has 138 valence electrons.